The molecule has 2 nitrogen and oxygen atoms in total. The van der Waals surface area contributed by atoms with Crippen molar-refractivity contribution in [3.8, 4) is 0 Å². The van der Waals surface area contributed by atoms with E-state index in [1.54, 1.807) is 20.4 Å². The monoisotopic (exact) mass is 394 g/mol. The zero-order valence-corrected chi connectivity index (χ0v) is 12.9. The number of fused-ring (bicyclic) bond motifs is 2. The van der Waals surface area contributed by atoms with Gasteiger partial charge in [0.2, 0.25) is 0 Å². The number of benzene rings is 1. The summed E-state index contributed by atoms with van der Waals surface area (Å²) in [4.78, 5) is 2.05. The molecule has 0 saturated heterocycles. The first kappa shape index (κ1) is 10.3. The molecule has 1 aromatic carbocycles. The van der Waals surface area contributed by atoms with Crippen LogP contribution in [0.4, 0.5) is 0 Å². The van der Waals surface area contributed by atoms with Crippen LogP contribution in [0.5, 0.6) is 0 Å². The van der Waals surface area contributed by atoms with Crippen LogP contribution in [0.2, 0.25) is 10.0 Å². The second kappa shape index (κ2) is 3.86. The fourth-order valence-corrected chi connectivity index (χ4v) is 9.35. The zero-order chi connectivity index (χ0) is 9.71. The molecule has 2 aliphatic heterocycles. The molecule has 0 aliphatic carbocycles. The van der Waals surface area contributed by atoms with Gasteiger partial charge in [-0.25, -0.2) is 0 Å². The molecule has 0 fully saturated rings. The quantitative estimate of drug-likeness (QED) is 0.625. The average Bonchev–Trinajstić information content (AvgIpc) is 2.82. The van der Waals surface area contributed by atoms with Crippen molar-refractivity contribution < 1.29 is 0 Å². The van der Waals surface area contributed by atoms with Crippen LogP contribution in [0.3, 0.4) is 0 Å². The second-order valence-electron chi connectivity index (χ2n) is 2.48. The first-order chi connectivity index (χ1) is 6.79. The fraction of sp³-hybridized carbons (Fsp3) is 0. The molecule has 1 aromatic rings. The van der Waals surface area contributed by atoms with E-state index in [9.17, 15) is 0 Å². The molecule has 0 bridgehead atoms. The van der Waals surface area contributed by atoms with Crippen LogP contribution < -0.4 is 10.7 Å². The Bertz CT molecular complexity index is 498. The van der Waals surface area contributed by atoms with Crippen LogP contribution in [0, 0.1) is 0 Å². The summed E-state index contributed by atoms with van der Waals surface area (Å²) in [5.41, 5.74) is 0. The summed E-state index contributed by atoms with van der Waals surface area (Å²) in [6.07, 6.45) is 0. The Hall–Kier alpha value is 1.14. The Kier molecular flexibility index (Phi) is 2.84. The first-order valence-corrected chi connectivity index (χ1v) is 11.4. The molecule has 0 N–H and O–H groups in total. The van der Waals surface area contributed by atoms with Gasteiger partial charge in [-0.3, -0.25) is 0 Å². The van der Waals surface area contributed by atoms with Gasteiger partial charge in [-0.05, 0) is 0 Å². The standard InChI is InChI=1S/C6Cl2N2S2Se2/c7-1-3-6(12-13-9-3)2(8)4-5(1)11-14-10-4. The van der Waals surface area contributed by atoms with Gasteiger partial charge in [-0.1, -0.05) is 0 Å². The molecule has 3 rings (SSSR count). The van der Waals surface area contributed by atoms with E-state index in [0.717, 1.165) is 30.6 Å². The van der Waals surface area contributed by atoms with E-state index in [-0.39, 0.29) is 28.1 Å². The zero-order valence-electron chi connectivity index (χ0n) is 6.28. The molecule has 2 aliphatic rings. The molecule has 72 valence electrons. The third kappa shape index (κ3) is 1.40. The Morgan fingerprint density at radius 2 is 1.29 bits per heavy atom. The number of nitrogens with zero attached hydrogens (tertiary/aromatic N) is 2. The molecule has 0 radical (unpaired) electrons. The van der Waals surface area contributed by atoms with Crippen molar-refractivity contribution in [3.05, 3.63) is 20.8 Å². The van der Waals surface area contributed by atoms with Crippen LogP contribution in [-0.2, 0) is 0 Å². The van der Waals surface area contributed by atoms with Crippen molar-refractivity contribution in [2.45, 2.75) is 9.79 Å². The first-order valence-electron chi connectivity index (χ1n) is 3.43. The van der Waals surface area contributed by atoms with Crippen molar-refractivity contribution in [1.29, 1.82) is 0 Å². The maximum atomic E-state index is 6.25. The molecule has 0 spiro atoms. The number of hydrogen-bond donors (Lipinski definition) is 0. The van der Waals surface area contributed by atoms with Gasteiger partial charge >= 0.3 is 110 Å². The molecule has 0 unspecified atom stereocenters. The average molecular weight is 393 g/mol. The van der Waals surface area contributed by atoms with Gasteiger partial charge in [0.1, 0.15) is 0 Å². The summed E-state index contributed by atoms with van der Waals surface area (Å²) < 4.78 is 8.80. The fourth-order valence-electron chi connectivity index (χ4n) is 1.12. The number of rotatable bonds is 0. The topological polar surface area (TPSA) is 24.7 Å². The van der Waals surface area contributed by atoms with Crippen LogP contribution in [0.1, 0.15) is 0 Å². The molecular weight excluding hydrogens is 393 g/mol. The third-order valence-electron chi connectivity index (χ3n) is 1.74. The van der Waals surface area contributed by atoms with Gasteiger partial charge in [0.25, 0.3) is 0 Å². The van der Waals surface area contributed by atoms with Crippen molar-refractivity contribution in [3.63, 3.8) is 0 Å². The van der Waals surface area contributed by atoms with E-state index >= 15 is 0 Å². The molecule has 2 heterocycles. The normalized spacial score (nSPS) is 17.3. The summed E-state index contributed by atoms with van der Waals surface area (Å²) in [6, 6.07) is 0. The minimum absolute atomic E-state index is 0.195. The van der Waals surface area contributed by atoms with E-state index < -0.39 is 0 Å². The number of hydrogen-bond acceptors (Lipinski definition) is 4. The Labute approximate surface area is 109 Å². The Balaban J connectivity index is 2.53. The van der Waals surface area contributed by atoms with E-state index in [1.807, 2.05) is 0 Å². The van der Waals surface area contributed by atoms with Gasteiger partial charge in [0, 0.05) is 0 Å². The summed E-state index contributed by atoms with van der Waals surface area (Å²) in [6.45, 7) is 0. The third-order valence-corrected chi connectivity index (χ3v) is 8.87. The molecular formula is C6Cl2N2S2Se2. The Morgan fingerprint density at radius 3 is 1.71 bits per heavy atom. The van der Waals surface area contributed by atoms with Crippen LogP contribution in [0.25, 0.3) is 0 Å². The van der Waals surface area contributed by atoms with Crippen LogP contribution >= 0.6 is 43.6 Å². The summed E-state index contributed by atoms with van der Waals surface area (Å²) in [7, 11) is 3.38. The summed E-state index contributed by atoms with van der Waals surface area (Å²) >= 11 is 12.9. The molecule has 0 atom stereocenters. The second-order valence-corrected chi connectivity index (χ2v) is 9.43. The van der Waals surface area contributed by atoms with Crippen molar-refractivity contribution >= 4 is 71.7 Å². The molecule has 0 saturated carbocycles. The van der Waals surface area contributed by atoms with Crippen LogP contribution in [0.15, 0.2) is 17.8 Å². The summed E-state index contributed by atoms with van der Waals surface area (Å²) in [5.74, 6) is 0. The predicted molar refractivity (Wildman–Crippen MR) is 62.0 cm³/mol. The van der Waals surface area contributed by atoms with Crippen molar-refractivity contribution in [1.82, 2.24) is 0 Å². The SMILES string of the molecule is Clc1c2c(c(Cl)c3c1=N[Se]S3)=N[Se]S2. The van der Waals surface area contributed by atoms with Gasteiger partial charge in [-0.2, -0.15) is 0 Å². The van der Waals surface area contributed by atoms with Gasteiger partial charge in [0.15, 0.2) is 0 Å². The summed E-state index contributed by atoms with van der Waals surface area (Å²) in [5, 5.41) is 3.28. The molecule has 0 aromatic heterocycles. The van der Waals surface area contributed by atoms with E-state index in [4.69, 9.17) is 23.2 Å². The Morgan fingerprint density at radius 1 is 0.857 bits per heavy atom. The van der Waals surface area contributed by atoms with Crippen molar-refractivity contribution in [2.24, 2.45) is 8.02 Å². The number of halogens is 2. The van der Waals surface area contributed by atoms with Crippen LogP contribution in [-0.4, -0.2) is 28.1 Å². The predicted octanol–water partition coefficient (Wildman–Crippen LogP) is 1.51. The molecule has 8 heteroatoms. The van der Waals surface area contributed by atoms with Gasteiger partial charge in [-0.15, -0.1) is 0 Å². The van der Waals surface area contributed by atoms with E-state index in [2.05, 4.69) is 8.02 Å². The van der Waals surface area contributed by atoms with E-state index in [0.29, 0.717) is 0 Å². The van der Waals surface area contributed by atoms with Crippen molar-refractivity contribution in [2.75, 3.05) is 0 Å². The maximum absolute atomic E-state index is 6.25. The van der Waals surface area contributed by atoms with E-state index in [1.165, 1.54) is 0 Å². The minimum atomic E-state index is 0.195. The molecule has 14 heavy (non-hydrogen) atoms. The van der Waals surface area contributed by atoms with Gasteiger partial charge in [0.05, 0.1) is 0 Å². The van der Waals surface area contributed by atoms with Gasteiger partial charge < -0.3 is 0 Å². The molecule has 0 amide bonds.